The first kappa shape index (κ1) is 19.8. The Kier molecular flexibility index (Phi) is 5.14. The van der Waals surface area contributed by atoms with Gasteiger partial charge >= 0.3 is 6.18 Å². The van der Waals surface area contributed by atoms with E-state index in [0.717, 1.165) is 68.0 Å². The standard InChI is InChI=1S/C22H23F3N4S/c23-22(24,25)11-18-10-19-20(26-14-27-21(19)30-18)28-8-3-6-17(7-9-28)29-12-15-4-1-2-5-16(15)13-29/h1-2,4-5,10,14,17H,3,6-9,11-13H2. The van der Waals surface area contributed by atoms with Gasteiger partial charge in [0.2, 0.25) is 0 Å². The van der Waals surface area contributed by atoms with Crippen molar-refractivity contribution in [1.82, 2.24) is 14.9 Å². The fourth-order valence-corrected chi connectivity index (χ4v) is 5.72. The van der Waals surface area contributed by atoms with Gasteiger partial charge in [-0.25, -0.2) is 9.97 Å². The van der Waals surface area contributed by atoms with E-state index in [4.69, 9.17) is 0 Å². The summed E-state index contributed by atoms with van der Waals surface area (Å²) in [6, 6.07) is 10.8. The van der Waals surface area contributed by atoms with Crippen molar-refractivity contribution in [2.45, 2.75) is 51.0 Å². The van der Waals surface area contributed by atoms with Gasteiger partial charge in [-0.15, -0.1) is 11.3 Å². The van der Waals surface area contributed by atoms with E-state index in [1.165, 1.54) is 17.5 Å². The number of nitrogens with zero attached hydrogens (tertiary/aromatic N) is 4. The van der Waals surface area contributed by atoms with Crippen LogP contribution in [0.5, 0.6) is 0 Å². The Morgan fingerprint density at radius 1 is 1.03 bits per heavy atom. The van der Waals surface area contributed by atoms with E-state index in [1.807, 2.05) is 0 Å². The maximum atomic E-state index is 12.8. The zero-order valence-corrected chi connectivity index (χ0v) is 17.3. The molecule has 3 aromatic rings. The maximum absolute atomic E-state index is 12.8. The predicted molar refractivity (Wildman–Crippen MR) is 113 cm³/mol. The number of hydrogen-bond acceptors (Lipinski definition) is 5. The molecule has 5 rings (SSSR count). The highest BCUT2D eigenvalue weighted by molar-refractivity contribution is 7.18. The molecular formula is C22H23F3N4S. The number of halogens is 3. The summed E-state index contributed by atoms with van der Waals surface area (Å²) in [6.07, 6.45) is -0.447. The Morgan fingerprint density at radius 3 is 2.53 bits per heavy atom. The van der Waals surface area contributed by atoms with Crippen LogP contribution in [0.3, 0.4) is 0 Å². The summed E-state index contributed by atoms with van der Waals surface area (Å²) in [5.41, 5.74) is 2.85. The fourth-order valence-electron chi connectivity index (χ4n) is 4.70. The third-order valence-corrected chi connectivity index (χ3v) is 7.16. The quantitative estimate of drug-likeness (QED) is 0.572. The van der Waals surface area contributed by atoms with Crippen LogP contribution in [0.1, 0.15) is 35.3 Å². The maximum Gasteiger partial charge on any atom is 0.393 e. The zero-order valence-electron chi connectivity index (χ0n) is 16.5. The summed E-state index contributed by atoms with van der Waals surface area (Å²) in [5, 5.41) is 0.744. The number of alkyl halides is 3. The van der Waals surface area contributed by atoms with Crippen LogP contribution < -0.4 is 4.90 Å². The summed E-state index contributed by atoms with van der Waals surface area (Å²) in [6.45, 7) is 3.73. The van der Waals surface area contributed by atoms with Gasteiger partial charge < -0.3 is 4.90 Å². The van der Waals surface area contributed by atoms with Crippen LogP contribution in [0.15, 0.2) is 36.7 Å². The Morgan fingerprint density at radius 2 is 1.80 bits per heavy atom. The largest absolute Gasteiger partial charge is 0.393 e. The first-order valence-electron chi connectivity index (χ1n) is 10.3. The minimum atomic E-state index is -4.21. The van der Waals surface area contributed by atoms with Crippen LogP contribution in [0, 0.1) is 0 Å². The lowest BCUT2D eigenvalue weighted by molar-refractivity contribution is -0.126. The molecule has 0 radical (unpaired) electrons. The van der Waals surface area contributed by atoms with Crippen molar-refractivity contribution in [3.05, 3.63) is 52.7 Å². The summed E-state index contributed by atoms with van der Waals surface area (Å²) in [7, 11) is 0. The van der Waals surface area contributed by atoms with E-state index in [9.17, 15) is 13.2 Å². The van der Waals surface area contributed by atoms with Crippen molar-refractivity contribution in [2.75, 3.05) is 18.0 Å². The van der Waals surface area contributed by atoms with Gasteiger partial charge in [-0.1, -0.05) is 24.3 Å². The van der Waals surface area contributed by atoms with Crippen LogP contribution in [-0.2, 0) is 19.5 Å². The van der Waals surface area contributed by atoms with Gasteiger partial charge in [-0.2, -0.15) is 13.2 Å². The molecule has 0 N–H and O–H groups in total. The smallest absolute Gasteiger partial charge is 0.356 e. The highest BCUT2D eigenvalue weighted by atomic mass is 32.1. The molecule has 158 valence electrons. The topological polar surface area (TPSA) is 32.3 Å². The molecule has 1 unspecified atom stereocenters. The molecule has 2 aromatic heterocycles. The molecule has 0 amide bonds. The average Bonchev–Trinajstić information content (AvgIpc) is 3.22. The molecule has 0 aliphatic carbocycles. The van der Waals surface area contributed by atoms with E-state index in [1.54, 1.807) is 6.07 Å². The molecule has 1 aromatic carbocycles. The van der Waals surface area contributed by atoms with Crippen molar-refractivity contribution in [2.24, 2.45) is 0 Å². The lowest BCUT2D eigenvalue weighted by Gasteiger charge is -2.27. The van der Waals surface area contributed by atoms with Crippen molar-refractivity contribution in [3.63, 3.8) is 0 Å². The van der Waals surface area contributed by atoms with Crippen molar-refractivity contribution < 1.29 is 13.2 Å². The van der Waals surface area contributed by atoms with Gasteiger partial charge in [0.1, 0.15) is 17.0 Å². The van der Waals surface area contributed by atoms with E-state index in [0.29, 0.717) is 15.7 Å². The first-order valence-corrected chi connectivity index (χ1v) is 11.1. The Bertz CT molecular complexity index is 1020. The molecule has 30 heavy (non-hydrogen) atoms. The van der Waals surface area contributed by atoms with E-state index < -0.39 is 12.6 Å². The number of fused-ring (bicyclic) bond motifs is 2. The summed E-state index contributed by atoms with van der Waals surface area (Å²) in [5.74, 6) is 0.773. The van der Waals surface area contributed by atoms with Crippen LogP contribution in [0.4, 0.5) is 19.0 Å². The zero-order chi connectivity index (χ0) is 20.7. The summed E-state index contributed by atoms with van der Waals surface area (Å²) < 4.78 is 38.5. The lowest BCUT2D eigenvalue weighted by Crippen LogP contribution is -2.32. The minimum absolute atomic E-state index is 0.293. The normalized spacial score (nSPS) is 20.5. The number of rotatable bonds is 3. The van der Waals surface area contributed by atoms with Crippen LogP contribution in [-0.4, -0.2) is 40.2 Å². The van der Waals surface area contributed by atoms with Gasteiger partial charge in [-0.3, -0.25) is 4.90 Å². The van der Waals surface area contributed by atoms with Gasteiger partial charge in [0.15, 0.2) is 0 Å². The number of aromatic nitrogens is 2. The van der Waals surface area contributed by atoms with Crippen molar-refractivity contribution in [3.8, 4) is 0 Å². The van der Waals surface area contributed by atoms with Gasteiger partial charge in [-0.05, 0) is 36.5 Å². The second kappa shape index (κ2) is 7.81. The molecule has 4 nitrogen and oxygen atoms in total. The number of thiophene rings is 1. The molecule has 2 aliphatic rings. The lowest BCUT2D eigenvalue weighted by atomic mass is 10.1. The first-order chi connectivity index (χ1) is 14.5. The Balaban J connectivity index is 1.32. The molecule has 1 atom stereocenters. The molecule has 2 aliphatic heterocycles. The van der Waals surface area contributed by atoms with E-state index >= 15 is 0 Å². The molecule has 0 saturated carbocycles. The Labute approximate surface area is 177 Å². The minimum Gasteiger partial charge on any atom is -0.356 e. The average molecular weight is 433 g/mol. The van der Waals surface area contributed by atoms with Gasteiger partial charge in [0.05, 0.1) is 11.8 Å². The second-order valence-corrected chi connectivity index (χ2v) is 9.28. The highest BCUT2D eigenvalue weighted by Gasteiger charge is 2.30. The molecular weight excluding hydrogens is 409 g/mol. The SMILES string of the molecule is FC(F)(F)Cc1cc2c(N3CCCC(N4Cc5ccccc5C4)CC3)ncnc2s1. The number of anilines is 1. The number of hydrogen-bond donors (Lipinski definition) is 0. The van der Waals surface area contributed by atoms with Crippen LogP contribution in [0.2, 0.25) is 0 Å². The van der Waals surface area contributed by atoms with Crippen molar-refractivity contribution in [1.29, 1.82) is 0 Å². The third kappa shape index (κ3) is 4.03. The molecule has 0 bridgehead atoms. The molecule has 8 heteroatoms. The molecule has 1 saturated heterocycles. The fraction of sp³-hybridized carbons (Fsp3) is 0.455. The molecule has 0 spiro atoms. The van der Waals surface area contributed by atoms with Crippen LogP contribution in [0.25, 0.3) is 10.2 Å². The monoisotopic (exact) mass is 432 g/mol. The van der Waals surface area contributed by atoms with E-state index in [-0.39, 0.29) is 0 Å². The van der Waals surface area contributed by atoms with Crippen LogP contribution >= 0.6 is 11.3 Å². The van der Waals surface area contributed by atoms with Crippen molar-refractivity contribution >= 4 is 27.4 Å². The molecule has 1 fully saturated rings. The highest BCUT2D eigenvalue weighted by Crippen LogP contribution is 2.35. The Hall–Kier alpha value is -2.19. The van der Waals surface area contributed by atoms with E-state index in [2.05, 4.69) is 44.0 Å². The van der Waals surface area contributed by atoms with Gasteiger partial charge in [0.25, 0.3) is 0 Å². The molecule has 4 heterocycles. The predicted octanol–water partition coefficient (Wildman–Crippen LogP) is 5.17. The van der Waals surface area contributed by atoms with Gasteiger partial charge in [0, 0.05) is 37.1 Å². The summed E-state index contributed by atoms with van der Waals surface area (Å²) in [4.78, 5) is 14.4. The third-order valence-electron chi connectivity index (χ3n) is 6.11. The number of benzene rings is 1. The second-order valence-electron chi connectivity index (χ2n) is 8.17. The summed E-state index contributed by atoms with van der Waals surface area (Å²) >= 11 is 1.12.